The van der Waals surface area contributed by atoms with Crippen molar-refractivity contribution in [3.8, 4) is 0 Å². The van der Waals surface area contributed by atoms with Crippen LogP contribution in [0.25, 0.3) is 0 Å². The molecule has 0 saturated heterocycles. The maximum absolute atomic E-state index is 12.8. The molecule has 0 aliphatic carbocycles. The van der Waals surface area contributed by atoms with Crippen molar-refractivity contribution in [2.75, 3.05) is 13.1 Å². The monoisotopic (exact) mass is 660 g/mol. The molecule has 1 aliphatic rings. The number of benzene rings is 1. The topological polar surface area (TPSA) is 161 Å². The Balaban J connectivity index is 2.02. The summed E-state index contributed by atoms with van der Waals surface area (Å²) >= 11 is 0. The molecule has 5 amide bonds. The molecule has 1 aliphatic heterocycles. The van der Waals surface area contributed by atoms with Crippen molar-refractivity contribution < 1.29 is 38.2 Å². The molecule has 12 heteroatoms. The van der Waals surface area contributed by atoms with Crippen molar-refractivity contribution >= 4 is 30.1 Å². The number of carbonyl (C=O) groups is 5. The van der Waals surface area contributed by atoms with E-state index in [1.54, 1.807) is 26.8 Å². The quantitative estimate of drug-likeness (QED) is 0.0964. The average Bonchev–Trinajstić information content (AvgIpc) is 3.18. The van der Waals surface area contributed by atoms with E-state index in [1.807, 2.05) is 47.6 Å². The Morgan fingerprint density at radius 2 is 1.17 bits per heavy atom. The van der Waals surface area contributed by atoms with Gasteiger partial charge in [-0.25, -0.2) is 14.4 Å². The smallest absolute Gasteiger partial charge is 0.407 e. The molecule has 0 aromatic heterocycles. The van der Waals surface area contributed by atoms with E-state index >= 15 is 0 Å². The SMILES string of the molecule is CC(C)(C)OC(=O)NCCCCc1c(CCCC(CCCCNC(=O)OC(C)(C)C)NC(=O)OC(C)(C)C)ccc2c1C(=O)NC2=O. The number of ether oxygens (including phenoxy) is 3. The highest BCUT2D eigenvalue weighted by Gasteiger charge is 2.30. The van der Waals surface area contributed by atoms with Gasteiger partial charge in [0.25, 0.3) is 11.8 Å². The van der Waals surface area contributed by atoms with Gasteiger partial charge in [-0.05, 0) is 137 Å². The fourth-order valence-electron chi connectivity index (χ4n) is 5.15. The zero-order valence-electron chi connectivity index (χ0n) is 29.8. The van der Waals surface area contributed by atoms with Crippen molar-refractivity contribution in [2.24, 2.45) is 0 Å². The number of fused-ring (bicyclic) bond motifs is 1. The largest absolute Gasteiger partial charge is 0.444 e. The molecule has 0 saturated carbocycles. The summed E-state index contributed by atoms with van der Waals surface area (Å²) in [7, 11) is 0. The van der Waals surface area contributed by atoms with Gasteiger partial charge in [-0.1, -0.05) is 6.07 Å². The van der Waals surface area contributed by atoms with Crippen LogP contribution in [-0.2, 0) is 27.1 Å². The molecule has 0 bridgehead atoms. The van der Waals surface area contributed by atoms with Gasteiger partial charge in [-0.2, -0.15) is 0 Å². The fourth-order valence-corrected chi connectivity index (χ4v) is 5.15. The van der Waals surface area contributed by atoms with Crippen molar-refractivity contribution in [3.05, 3.63) is 34.4 Å². The van der Waals surface area contributed by atoms with E-state index in [-0.39, 0.29) is 6.04 Å². The Kier molecular flexibility index (Phi) is 14.5. The Labute approximate surface area is 279 Å². The summed E-state index contributed by atoms with van der Waals surface area (Å²) in [4.78, 5) is 61.7. The number of imide groups is 1. The second-order valence-corrected chi connectivity index (χ2v) is 15.0. The van der Waals surface area contributed by atoms with E-state index < -0.39 is 46.9 Å². The van der Waals surface area contributed by atoms with Crippen molar-refractivity contribution in [2.45, 2.75) is 143 Å². The highest BCUT2D eigenvalue weighted by molar-refractivity contribution is 6.22. The number of rotatable bonds is 15. The number of hydrogen-bond donors (Lipinski definition) is 4. The van der Waals surface area contributed by atoms with Crippen LogP contribution in [0, 0.1) is 0 Å². The van der Waals surface area contributed by atoms with E-state index in [4.69, 9.17) is 14.2 Å². The molecule has 1 aromatic carbocycles. The Hall–Kier alpha value is -3.83. The number of hydrogen-bond acceptors (Lipinski definition) is 8. The predicted molar refractivity (Wildman–Crippen MR) is 180 cm³/mol. The summed E-state index contributed by atoms with van der Waals surface area (Å²) in [5, 5.41) is 10.9. The molecular weight excluding hydrogens is 604 g/mol. The van der Waals surface area contributed by atoms with Gasteiger partial charge >= 0.3 is 18.3 Å². The lowest BCUT2D eigenvalue weighted by molar-refractivity contribution is 0.0493. The third-order valence-corrected chi connectivity index (χ3v) is 7.00. The summed E-state index contributed by atoms with van der Waals surface area (Å²) in [6, 6.07) is 3.45. The molecule has 1 atom stereocenters. The van der Waals surface area contributed by atoms with Crippen LogP contribution < -0.4 is 21.3 Å². The first-order chi connectivity index (χ1) is 21.7. The minimum atomic E-state index is -0.633. The number of nitrogens with one attached hydrogen (secondary N) is 4. The number of alkyl carbamates (subject to hydrolysis) is 3. The first-order valence-corrected chi connectivity index (χ1v) is 16.7. The molecular formula is C35H56N4O8. The van der Waals surface area contributed by atoms with Crippen LogP contribution in [0.5, 0.6) is 0 Å². The van der Waals surface area contributed by atoms with Crippen LogP contribution in [-0.4, -0.2) is 66.0 Å². The lowest BCUT2D eigenvalue weighted by Gasteiger charge is -2.24. The van der Waals surface area contributed by atoms with Crippen LogP contribution in [0.3, 0.4) is 0 Å². The van der Waals surface area contributed by atoms with Gasteiger partial charge in [0, 0.05) is 19.1 Å². The van der Waals surface area contributed by atoms with Crippen LogP contribution in [0.2, 0.25) is 0 Å². The van der Waals surface area contributed by atoms with Gasteiger partial charge < -0.3 is 30.2 Å². The number of unbranched alkanes of at least 4 members (excludes halogenated alkanes) is 2. The number of carbonyl (C=O) groups excluding carboxylic acids is 5. The average molecular weight is 661 g/mol. The van der Waals surface area contributed by atoms with Crippen molar-refractivity contribution in [1.29, 1.82) is 0 Å². The predicted octanol–water partition coefficient (Wildman–Crippen LogP) is 6.33. The molecule has 47 heavy (non-hydrogen) atoms. The molecule has 264 valence electrons. The highest BCUT2D eigenvalue weighted by Crippen LogP contribution is 2.27. The standard InChI is InChI=1S/C35H56N4O8/c1-33(2,3)45-30(42)36-21-12-10-16-24(38-32(44)47-35(7,8)9)17-14-15-23-19-20-26-27(29(41)39-28(26)40)25(23)18-11-13-22-37-31(43)46-34(4,5)6/h19-20,24H,10-18,21-22H2,1-9H3,(H,36,42)(H,37,43)(H,38,44)(H,39,40,41). The van der Waals surface area contributed by atoms with Crippen LogP contribution in [0.4, 0.5) is 14.4 Å². The van der Waals surface area contributed by atoms with Gasteiger partial charge in [-0.3, -0.25) is 14.9 Å². The van der Waals surface area contributed by atoms with Gasteiger partial charge in [0.2, 0.25) is 0 Å². The van der Waals surface area contributed by atoms with Gasteiger partial charge in [0.15, 0.2) is 0 Å². The van der Waals surface area contributed by atoms with Crippen molar-refractivity contribution in [3.63, 3.8) is 0 Å². The summed E-state index contributed by atoms with van der Waals surface area (Å²) in [5.74, 6) is -0.787. The highest BCUT2D eigenvalue weighted by atomic mass is 16.6. The number of aryl methyl sites for hydroxylation is 1. The molecule has 0 spiro atoms. The van der Waals surface area contributed by atoms with Crippen LogP contribution in [0.1, 0.15) is 139 Å². The second-order valence-electron chi connectivity index (χ2n) is 15.0. The van der Waals surface area contributed by atoms with Crippen molar-refractivity contribution in [1.82, 2.24) is 21.3 Å². The molecule has 12 nitrogen and oxygen atoms in total. The third kappa shape index (κ3) is 15.5. The lowest BCUT2D eigenvalue weighted by atomic mass is 9.90. The Morgan fingerprint density at radius 3 is 1.72 bits per heavy atom. The normalized spacial score (nSPS) is 13.7. The van der Waals surface area contributed by atoms with Gasteiger partial charge in [-0.15, -0.1) is 0 Å². The molecule has 1 unspecified atom stereocenters. The molecule has 2 rings (SSSR count). The molecule has 1 aromatic rings. The molecule has 1 heterocycles. The zero-order chi connectivity index (χ0) is 35.4. The van der Waals surface area contributed by atoms with E-state index in [9.17, 15) is 24.0 Å². The maximum Gasteiger partial charge on any atom is 0.407 e. The van der Waals surface area contributed by atoms with E-state index in [0.29, 0.717) is 69.2 Å². The first kappa shape index (κ1) is 39.3. The Bertz CT molecular complexity index is 1260. The van der Waals surface area contributed by atoms with E-state index in [1.165, 1.54) is 0 Å². The summed E-state index contributed by atoms with van der Waals surface area (Å²) in [6.45, 7) is 17.2. The summed E-state index contributed by atoms with van der Waals surface area (Å²) in [5.41, 5.74) is 0.844. The van der Waals surface area contributed by atoms with Crippen LogP contribution >= 0.6 is 0 Å². The second kappa shape index (κ2) is 17.4. The first-order valence-electron chi connectivity index (χ1n) is 16.7. The summed E-state index contributed by atoms with van der Waals surface area (Å²) < 4.78 is 16.1. The molecule has 4 N–H and O–H groups in total. The fraction of sp³-hybridized carbons (Fsp3) is 0.686. The molecule has 0 radical (unpaired) electrons. The minimum Gasteiger partial charge on any atom is -0.444 e. The van der Waals surface area contributed by atoms with Gasteiger partial charge in [0.1, 0.15) is 16.8 Å². The van der Waals surface area contributed by atoms with Crippen LogP contribution in [0.15, 0.2) is 12.1 Å². The van der Waals surface area contributed by atoms with Gasteiger partial charge in [0.05, 0.1) is 11.1 Å². The third-order valence-electron chi connectivity index (χ3n) is 7.00. The zero-order valence-corrected chi connectivity index (χ0v) is 29.8. The summed E-state index contributed by atoms with van der Waals surface area (Å²) in [6.07, 6.45) is 4.72. The lowest BCUT2D eigenvalue weighted by Crippen LogP contribution is -2.39. The molecule has 0 fully saturated rings. The maximum atomic E-state index is 12.8. The minimum absolute atomic E-state index is 0.159. The Morgan fingerprint density at radius 1 is 0.660 bits per heavy atom. The number of amides is 5. The van der Waals surface area contributed by atoms with E-state index in [2.05, 4.69) is 21.3 Å². The van der Waals surface area contributed by atoms with E-state index in [0.717, 1.165) is 24.0 Å².